The van der Waals surface area contributed by atoms with Crippen molar-refractivity contribution in [2.45, 2.75) is 13.0 Å². The predicted molar refractivity (Wildman–Crippen MR) is 65.9 cm³/mol. The lowest BCUT2D eigenvalue weighted by molar-refractivity contribution is -0.120. The molecular formula is C11H17ClN2O2. The molecule has 1 aromatic rings. The molecule has 0 bridgehead atoms. The molecule has 16 heavy (non-hydrogen) atoms. The molecule has 0 heterocycles. The van der Waals surface area contributed by atoms with Crippen LogP contribution in [0.3, 0.4) is 0 Å². The first kappa shape index (κ1) is 14.7. The fourth-order valence-corrected chi connectivity index (χ4v) is 1.40. The summed E-state index contributed by atoms with van der Waals surface area (Å²) in [6.45, 7) is 1.89. The maximum Gasteiger partial charge on any atom is 0.234 e. The molecule has 0 aliphatic carbocycles. The van der Waals surface area contributed by atoms with Crippen LogP contribution in [0.25, 0.3) is 0 Å². The number of benzene rings is 1. The van der Waals surface area contributed by atoms with Crippen molar-refractivity contribution in [3.05, 3.63) is 29.8 Å². The van der Waals surface area contributed by atoms with Crippen molar-refractivity contribution in [3.63, 3.8) is 0 Å². The van der Waals surface area contributed by atoms with Gasteiger partial charge in [-0.05, 0) is 13.0 Å². The Kier molecular flexibility index (Phi) is 6.53. The SMILES string of the molecule is COc1ccccc1C(C)NC(=O)CN.Cl. The van der Waals surface area contributed by atoms with E-state index in [9.17, 15) is 4.79 Å². The third kappa shape index (κ3) is 3.72. The second-order valence-electron chi connectivity index (χ2n) is 3.24. The number of nitrogens with two attached hydrogens (primary N) is 1. The smallest absolute Gasteiger partial charge is 0.234 e. The number of ether oxygens (including phenoxy) is 1. The first-order chi connectivity index (χ1) is 7.19. The molecule has 5 heteroatoms. The monoisotopic (exact) mass is 244 g/mol. The highest BCUT2D eigenvalue weighted by Crippen LogP contribution is 2.23. The molecule has 4 nitrogen and oxygen atoms in total. The first-order valence-electron chi connectivity index (χ1n) is 4.81. The van der Waals surface area contributed by atoms with Crippen LogP contribution < -0.4 is 15.8 Å². The number of hydrogen-bond acceptors (Lipinski definition) is 3. The molecule has 1 atom stereocenters. The van der Waals surface area contributed by atoms with Crippen LogP contribution in [0.2, 0.25) is 0 Å². The molecule has 0 aliphatic heterocycles. The van der Waals surface area contributed by atoms with Gasteiger partial charge >= 0.3 is 0 Å². The summed E-state index contributed by atoms with van der Waals surface area (Å²) in [5.41, 5.74) is 6.17. The van der Waals surface area contributed by atoms with Crippen molar-refractivity contribution in [1.29, 1.82) is 0 Å². The summed E-state index contributed by atoms with van der Waals surface area (Å²) in [5.74, 6) is 0.593. The minimum atomic E-state index is -0.173. The Morgan fingerprint density at radius 2 is 2.12 bits per heavy atom. The Bertz CT molecular complexity index is 345. The second kappa shape index (κ2) is 7.09. The zero-order chi connectivity index (χ0) is 11.3. The van der Waals surface area contributed by atoms with E-state index >= 15 is 0 Å². The average Bonchev–Trinajstić information content (AvgIpc) is 2.28. The van der Waals surface area contributed by atoms with Crippen LogP contribution in [0, 0.1) is 0 Å². The van der Waals surface area contributed by atoms with Crippen LogP contribution in [0.1, 0.15) is 18.5 Å². The number of para-hydroxylation sites is 1. The average molecular weight is 245 g/mol. The summed E-state index contributed by atoms with van der Waals surface area (Å²) < 4.78 is 5.20. The van der Waals surface area contributed by atoms with Gasteiger partial charge in [0.2, 0.25) is 5.91 Å². The molecule has 0 aromatic heterocycles. The minimum absolute atomic E-state index is 0. The van der Waals surface area contributed by atoms with E-state index in [0.29, 0.717) is 0 Å². The summed E-state index contributed by atoms with van der Waals surface area (Å²) in [6.07, 6.45) is 0. The minimum Gasteiger partial charge on any atom is -0.496 e. The summed E-state index contributed by atoms with van der Waals surface area (Å²) in [7, 11) is 1.61. The molecule has 1 amide bonds. The number of carbonyl (C=O) groups excluding carboxylic acids is 1. The van der Waals surface area contributed by atoms with E-state index in [0.717, 1.165) is 11.3 Å². The fraction of sp³-hybridized carbons (Fsp3) is 0.364. The van der Waals surface area contributed by atoms with Gasteiger partial charge in [-0.3, -0.25) is 4.79 Å². The zero-order valence-electron chi connectivity index (χ0n) is 9.40. The van der Waals surface area contributed by atoms with E-state index in [1.54, 1.807) is 7.11 Å². The molecule has 1 unspecified atom stereocenters. The van der Waals surface area contributed by atoms with Crippen LogP contribution in [-0.2, 0) is 4.79 Å². The standard InChI is InChI=1S/C11H16N2O2.ClH/c1-8(13-11(14)7-12)9-5-3-4-6-10(9)15-2;/h3-6,8H,7,12H2,1-2H3,(H,13,14);1H. The molecule has 0 fully saturated rings. The van der Waals surface area contributed by atoms with E-state index in [2.05, 4.69) is 5.32 Å². The van der Waals surface area contributed by atoms with E-state index in [4.69, 9.17) is 10.5 Å². The van der Waals surface area contributed by atoms with Gasteiger partial charge in [0, 0.05) is 5.56 Å². The first-order valence-corrected chi connectivity index (χ1v) is 4.81. The number of amides is 1. The zero-order valence-corrected chi connectivity index (χ0v) is 10.2. The van der Waals surface area contributed by atoms with Gasteiger partial charge in [0.25, 0.3) is 0 Å². The van der Waals surface area contributed by atoms with Crippen LogP contribution in [0.15, 0.2) is 24.3 Å². The normalized spacial score (nSPS) is 11.2. The Morgan fingerprint density at radius 1 is 1.50 bits per heavy atom. The molecule has 0 aliphatic rings. The highest BCUT2D eigenvalue weighted by molar-refractivity contribution is 5.85. The van der Waals surface area contributed by atoms with Gasteiger partial charge in [0.05, 0.1) is 19.7 Å². The van der Waals surface area contributed by atoms with Crippen LogP contribution in [0.4, 0.5) is 0 Å². The van der Waals surface area contributed by atoms with E-state index in [1.165, 1.54) is 0 Å². The van der Waals surface area contributed by atoms with Crippen molar-refractivity contribution < 1.29 is 9.53 Å². The molecule has 1 aromatic carbocycles. The number of halogens is 1. The van der Waals surface area contributed by atoms with Crippen LogP contribution >= 0.6 is 12.4 Å². The third-order valence-corrected chi connectivity index (χ3v) is 2.17. The second-order valence-corrected chi connectivity index (χ2v) is 3.24. The molecule has 1 rings (SSSR count). The van der Waals surface area contributed by atoms with Gasteiger partial charge in [-0.15, -0.1) is 12.4 Å². The quantitative estimate of drug-likeness (QED) is 0.838. The van der Waals surface area contributed by atoms with Gasteiger partial charge in [0.1, 0.15) is 5.75 Å². The van der Waals surface area contributed by atoms with E-state index in [1.807, 2.05) is 31.2 Å². The van der Waals surface area contributed by atoms with Gasteiger partial charge < -0.3 is 15.8 Å². The lowest BCUT2D eigenvalue weighted by Gasteiger charge is -2.16. The van der Waals surface area contributed by atoms with Crippen molar-refractivity contribution in [2.75, 3.05) is 13.7 Å². The molecule has 90 valence electrons. The lowest BCUT2D eigenvalue weighted by Crippen LogP contribution is -2.32. The maximum atomic E-state index is 11.1. The molecule has 3 N–H and O–H groups in total. The molecule has 0 saturated heterocycles. The van der Waals surface area contributed by atoms with Crippen molar-refractivity contribution in [1.82, 2.24) is 5.32 Å². The fourth-order valence-electron chi connectivity index (χ4n) is 1.40. The highest BCUT2D eigenvalue weighted by atomic mass is 35.5. The summed E-state index contributed by atoms with van der Waals surface area (Å²) in [5, 5.41) is 2.78. The summed E-state index contributed by atoms with van der Waals surface area (Å²) in [4.78, 5) is 11.1. The summed E-state index contributed by atoms with van der Waals surface area (Å²) in [6, 6.07) is 7.47. The topological polar surface area (TPSA) is 64.3 Å². The Morgan fingerprint density at radius 3 is 2.69 bits per heavy atom. The van der Waals surface area contributed by atoms with Gasteiger partial charge in [0.15, 0.2) is 0 Å². The maximum absolute atomic E-state index is 11.1. The van der Waals surface area contributed by atoms with Crippen molar-refractivity contribution in [3.8, 4) is 5.75 Å². The van der Waals surface area contributed by atoms with Gasteiger partial charge in [-0.1, -0.05) is 18.2 Å². The van der Waals surface area contributed by atoms with Crippen LogP contribution in [0.5, 0.6) is 5.75 Å². The van der Waals surface area contributed by atoms with Crippen molar-refractivity contribution in [2.24, 2.45) is 5.73 Å². The van der Waals surface area contributed by atoms with E-state index < -0.39 is 0 Å². The molecule has 0 saturated carbocycles. The third-order valence-electron chi connectivity index (χ3n) is 2.17. The number of carbonyl (C=O) groups is 1. The number of nitrogens with one attached hydrogen (secondary N) is 1. The number of hydrogen-bond donors (Lipinski definition) is 2. The number of methoxy groups -OCH3 is 1. The molecular weight excluding hydrogens is 228 g/mol. The Hall–Kier alpha value is -1.26. The Labute approximate surface area is 102 Å². The Balaban J connectivity index is 0.00000225. The van der Waals surface area contributed by atoms with Crippen molar-refractivity contribution >= 4 is 18.3 Å². The van der Waals surface area contributed by atoms with Crippen LogP contribution in [-0.4, -0.2) is 19.6 Å². The predicted octanol–water partition coefficient (Wildman–Crippen LogP) is 1.25. The summed E-state index contributed by atoms with van der Waals surface area (Å²) >= 11 is 0. The largest absolute Gasteiger partial charge is 0.496 e. The lowest BCUT2D eigenvalue weighted by atomic mass is 10.1. The number of rotatable bonds is 4. The van der Waals surface area contributed by atoms with Gasteiger partial charge in [-0.2, -0.15) is 0 Å². The highest BCUT2D eigenvalue weighted by Gasteiger charge is 2.12. The molecule has 0 spiro atoms. The van der Waals surface area contributed by atoms with E-state index in [-0.39, 0.29) is 30.9 Å². The molecule has 0 radical (unpaired) electrons. The van der Waals surface area contributed by atoms with Gasteiger partial charge in [-0.25, -0.2) is 0 Å².